The van der Waals surface area contributed by atoms with Crippen LogP contribution in [-0.2, 0) is 6.42 Å². The van der Waals surface area contributed by atoms with Crippen LogP contribution in [-0.4, -0.2) is 12.1 Å². The Hall–Kier alpha value is -1.09. The van der Waals surface area contributed by atoms with Crippen LogP contribution in [0.4, 0.5) is 0 Å². The fourth-order valence-electron chi connectivity index (χ4n) is 1.35. The molecule has 0 atom stereocenters. The second kappa shape index (κ2) is 4.23. The lowest BCUT2D eigenvalue weighted by Gasteiger charge is -2.10. The number of nitrogens with two attached hydrogens (primary N) is 1. The van der Waals surface area contributed by atoms with Crippen LogP contribution >= 0.6 is 12.2 Å². The zero-order chi connectivity index (χ0) is 9.84. The van der Waals surface area contributed by atoms with E-state index >= 15 is 0 Å². The molecule has 0 unspecified atom stereocenters. The highest BCUT2D eigenvalue weighted by Crippen LogP contribution is 2.22. The summed E-state index contributed by atoms with van der Waals surface area (Å²) in [4.78, 5) is 0.427. The Morgan fingerprint density at radius 2 is 2.23 bits per heavy atom. The molecule has 0 radical (unpaired) electrons. The summed E-state index contributed by atoms with van der Waals surface area (Å²) in [5.74, 6) is 0.854. The zero-order valence-electron chi connectivity index (χ0n) is 7.83. The third-order valence-electron chi connectivity index (χ3n) is 1.97. The molecule has 0 fully saturated rings. The monoisotopic (exact) mass is 195 g/mol. The van der Waals surface area contributed by atoms with E-state index in [0.29, 0.717) is 4.99 Å². The molecule has 1 aromatic rings. The summed E-state index contributed by atoms with van der Waals surface area (Å²) in [5, 5.41) is 0. The van der Waals surface area contributed by atoms with Gasteiger partial charge in [0.25, 0.3) is 0 Å². The van der Waals surface area contributed by atoms with Crippen molar-refractivity contribution in [1.29, 1.82) is 0 Å². The van der Waals surface area contributed by atoms with Gasteiger partial charge in [-0.15, -0.1) is 0 Å². The van der Waals surface area contributed by atoms with Crippen LogP contribution in [0.5, 0.6) is 5.75 Å². The molecule has 13 heavy (non-hydrogen) atoms. The van der Waals surface area contributed by atoms with E-state index in [0.717, 1.165) is 23.3 Å². The summed E-state index contributed by atoms with van der Waals surface area (Å²) in [5.41, 5.74) is 7.58. The van der Waals surface area contributed by atoms with E-state index in [9.17, 15) is 0 Å². The largest absolute Gasteiger partial charge is 0.496 e. The van der Waals surface area contributed by atoms with E-state index in [1.165, 1.54) is 0 Å². The van der Waals surface area contributed by atoms with Crippen LogP contribution in [0.15, 0.2) is 18.2 Å². The highest BCUT2D eigenvalue weighted by molar-refractivity contribution is 7.80. The molecule has 0 saturated carbocycles. The first-order valence-electron chi connectivity index (χ1n) is 4.16. The average Bonchev–Trinajstić information content (AvgIpc) is 2.16. The fraction of sp³-hybridized carbons (Fsp3) is 0.300. The Kier molecular flexibility index (Phi) is 3.25. The van der Waals surface area contributed by atoms with Crippen LogP contribution < -0.4 is 10.5 Å². The molecule has 1 aromatic carbocycles. The molecule has 0 saturated heterocycles. The number of hydrogen-bond donors (Lipinski definition) is 1. The number of hydrogen-bond acceptors (Lipinski definition) is 2. The minimum atomic E-state index is 0.427. The highest BCUT2D eigenvalue weighted by Gasteiger charge is 2.07. The average molecular weight is 195 g/mol. The van der Waals surface area contributed by atoms with Crippen LogP contribution in [0.25, 0.3) is 0 Å². The topological polar surface area (TPSA) is 35.2 Å². The Morgan fingerprint density at radius 1 is 1.54 bits per heavy atom. The van der Waals surface area contributed by atoms with Crippen LogP contribution in [0.1, 0.15) is 18.1 Å². The van der Waals surface area contributed by atoms with Gasteiger partial charge in [0.15, 0.2) is 0 Å². The summed E-state index contributed by atoms with van der Waals surface area (Å²) >= 11 is 4.95. The normalized spacial score (nSPS) is 9.69. The Morgan fingerprint density at radius 3 is 2.69 bits per heavy atom. The summed E-state index contributed by atoms with van der Waals surface area (Å²) in [7, 11) is 1.65. The molecule has 1 rings (SSSR count). The Balaban J connectivity index is 3.27. The molecule has 0 bridgehead atoms. The summed E-state index contributed by atoms with van der Waals surface area (Å²) in [6, 6.07) is 5.73. The van der Waals surface area contributed by atoms with Crippen molar-refractivity contribution in [1.82, 2.24) is 0 Å². The lowest BCUT2D eigenvalue weighted by Crippen LogP contribution is -2.12. The standard InChI is InChI=1S/C10H13NOS/c1-3-7-8(10(11)13)5-4-6-9(7)12-2/h4-6H,3H2,1-2H3,(H2,11,13). The third-order valence-corrected chi connectivity index (χ3v) is 2.19. The Bertz CT molecular complexity index is 323. The summed E-state index contributed by atoms with van der Waals surface area (Å²) < 4.78 is 5.21. The van der Waals surface area contributed by atoms with Gasteiger partial charge in [0.2, 0.25) is 0 Å². The first kappa shape index (κ1) is 9.99. The van der Waals surface area contributed by atoms with Gasteiger partial charge in [-0.3, -0.25) is 0 Å². The van der Waals surface area contributed by atoms with E-state index in [-0.39, 0.29) is 0 Å². The number of rotatable bonds is 3. The van der Waals surface area contributed by atoms with Gasteiger partial charge in [0.1, 0.15) is 10.7 Å². The molecule has 0 amide bonds. The smallest absolute Gasteiger partial charge is 0.122 e. The van der Waals surface area contributed by atoms with Crippen molar-refractivity contribution in [3.8, 4) is 5.75 Å². The third kappa shape index (κ3) is 1.98. The van der Waals surface area contributed by atoms with Crippen LogP contribution in [0.3, 0.4) is 0 Å². The molecule has 0 heterocycles. The molecule has 0 aliphatic carbocycles. The van der Waals surface area contributed by atoms with E-state index < -0.39 is 0 Å². The van der Waals surface area contributed by atoms with E-state index in [4.69, 9.17) is 22.7 Å². The predicted octanol–water partition coefficient (Wildman–Crippen LogP) is 1.89. The Labute approximate surface area is 83.7 Å². The molecule has 0 aromatic heterocycles. The highest BCUT2D eigenvalue weighted by atomic mass is 32.1. The van der Waals surface area contributed by atoms with Gasteiger partial charge < -0.3 is 10.5 Å². The van der Waals surface area contributed by atoms with Gasteiger partial charge in [-0.2, -0.15) is 0 Å². The van der Waals surface area contributed by atoms with Gasteiger partial charge in [-0.25, -0.2) is 0 Å². The molecule has 70 valence electrons. The van der Waals surface area contributed by atoms with E-state index in [1.54, 1.807) is 7.11 Å². The maximum atomic E-state index is 5.59. The van der Waals surface area contributed by atoms with Crippen LogP contribution in [0.2, 0.25) is 0 Å². The van der Waals surface area contributed by atoms with Crippen molar-refractivity contribution >= 4 is 17.2 Å². The predicted molar refractivity (Wildman–Crippen MR) is 58.3 cm³/mol. The molecule has 0 aliphatic heterocycles. The van der Waals surface area contributed by atoms with Gasteiger partial charge in [0.05, 0.1) is 7.11 Å². The second-order valence-electron chi connectivity index (χ2n) is 2.70. The molecular formula is C10H13NOS. The van der Waals surface area contributed by atoms with Gasteiger partial charge >= 0.3 is 0 Å². The second-order valence-corrected chi connectivity index (χ2v) is 3.14. The van der Waals surface area contributed by atoms with Crippen molar-refractivity contribution in [2.24, 2.45) is 5.73 Å². The maximum absolute atomic E-state index is 5.59. The first-order valence-corrected chi connectivity index (χ1v) is 4.57. The number of ether oxygens (including phenoxy) is 1. The number of methoxy groups -OCH3 is 1. The SMILES string of the molecule is CCc1c(OC)cccc1C(N)=S. The van der Waals surface area contributed by atoms with Gasteiger partial charge in [0, 0.05) is 11.1 Å². The zero-order valence-corrected chi connectivity index (χ0v) is 8.65. The maximum Gasteiger partial charge on any atom is 0.122 e. The fourth-order valence-corrected chi connectivity index (χ4v) is 1.54. The molecular weight excluding hydrogens is 182 g/mol. The lowest BCUT2D eigenvalue weighted by molar-refractivity contribution is 0.410. The summed E-state index contributed by atoms with van der Waals surface area (Å²) in [6.07, 6.45) is 0.872. The lowest BCUT2D eigenvalue weighted by atomic mass is 10.0. The van der Waals surface area contributed by atoms with Crippen molar-refractivity contribution in [2.75, 3.05) is 7.11 Å². The number of thiocarbonyl (C=S) groups is 1. The van der Waals surface area contributed by atoms with Gasteiger partial charge in [-0.1, -0.05) is 31.3 Å². The molecule has 3 heteroatoms. The molecule has 0 spiro atoms. The first-order chi connectivity index (χ1) is 6.20. The van der Waals surface area contributed by atoms with Crippen molar-refractivity contribution in [3.05, 3.63) is 29.3 Å². The van der Waals surface area contributed by atoms with Crippen molar-refractivity contribution in [3.63, 3.8) is 0 Å². The molecule has 2 N–H and O–H groups in total. The quantitative estimate of drug-likeness (QED) is 0.748. The molecule has 0 aliphatic rings. The minimum absolute atomic E-state index is 0.427. The summed E-state index contributed by atoms with van der Waals surface area (Å²) in [6.45, 7) is 2.06. The van der Waals surface area contributed by atoms with Crippen molar-refractivity contribution in [2.45, 2.75) is 13.3 Å². The van der Waals surface area contributed by atoms with Crippen LogP contribution in [0, 0.1) is 0 Å². The van der Waals surface area contributed by atoms with Crippen molar-refractivity contribution < 1.29 is 4.74 Å². The number of benzene rings is 1. The molecule has 2 nitrogen and oxygen atoms in total. The minimum Gasteiger partial charge on any atom is -0.496 e. The van der Waals surface area contributed by atoms with E-state index in [1.807, 2.05) is 18.2 Å². The van der Waals surface area contributed by atoms with E-state index in [2.05, 4.69) is 6.92 Å². The van der Waals surface area contributed by atoms with Gasteiger partial charge in [-0.05, 0) is 12.5 Å².